The van der Waals surface area contributed by atoms with Crippen LogP contribution in [0.15, 0.2) is 24.3 Å². The molecule has 7 heteroatoms. The van der Waals surface area contributed by atoms with E-state index < -0.39 is 12.1 Å². The largest absolute Gasteiger partial charge is 0.483 e. The first-order chi connectivity index (χ1) is 10.3. The number of amides is 2. The molecule has 2 atom stereocenters. The monoisotopic (exact) mass is 326 g/mol. The molecule has 1 N–H and O–H groups in total. The fourth-order valence-electron chi connectivity index (χ4n) is 2.24. The second-order valence-corrected chi connectivity index (χ2v) is 5.37. The Bertz CT molecular complexity index is 564. The van der Waals surface area contributed by atoms with Crippen LogP contribution in [0.3, 0.4) is 0 Å². The van der Waals surface area contributed by atoms with E-state index in [1.165, 1.54) is 4.90 Å². The van der Waals surface area contributed by atoms with Gasteiger partial charge >= 0.3 is 0 Å². The molecule has 1 aromatic carbocycles. The van der Waals surface area contributed by atoms with E-state index in [2.05, 4.69) is 0 Å². The van der Waals surface area contributed by atoms with Gasteiger partial charge in [0.25, 0.3) is 6.47 Å². The van der Waals surface area contributed by atoms with E-state index in [4.69, 9.17) is 21.5 Å². The van der Waals surface area contributed by atoms with Crippen LogP contribution in [0.2, 0.25) is 5.02 Å². The van der Waals surface area contributed by atoms with Crippen LogP contribution in [0.5, 0.6) is 0 Å². The van der Waals surface area contributed by atoms with E-state index in [9.17, 15) is 9.59 Å². The number of carbonyl (C=O) groups excluding carboxylic acids is 2. The molecule has 0 saturated carbocycles. The lowest BCUT2D eigenvalue weighted by atomic mass is 10.1. The Balaban J connectivity index is 0.000000745. The molecule has 0 aliphatic carbocycles. The lowest BCUT2D eigenvalue weighted by Gasteiger charge is -2.41. The summed E-state index contributed by atoms with van der Waals surface area (Å²) in [6.45, 7) is 3.61. The molecule has 1 fully saturated rings. The van der Waals surface area contributed by atoms with Gasteiger partial charge in [-0.2, -0.15) is 0 Å². The summed E-state index contributed by atoms with van der Waals surface area (Å²) >= 11 is 6.11. The topological polar surface area (TPSA) is 77.9 Å². The van der Waals surface area contributed by atoms with Crippen LogP contribution in [-0.2, 0) is 20.9 Å². The molecule has 22 heavy (non-hydrogen) atoms. The Morgan fingerprint density at radius 2 is 1.73 bits per heavy atom. The highest BCUT2D eigenvalue weighted by Crippen LogP contribution is 2.22. The number of hydrogen-bond acceptors (Lipinski definition) is 3. The van der Waals surface area contributed by atoms with Crippen molar-refractivity contribution in [2.75, 3.05) is 7.05 Å². The molecule has 1 aromatic rings. The van der Waals surface area contributed by atoms with Crippen LogP contribution in [0.4, 0.5) is 0 Å². The number of benzene rings is 1. The molecule has 2 rings (SSSR count). The summed E-state index contributed by atoms with van der Waals surface area (Å²) in [6, 6.07) is 6.49. The standard InChI is InChI=1S/C14H17ClN2O2.CH2O2/c1-9-14(19)17(10(2)13(18)16(9)3)8-11-6-4-5-7-12(11)15;2-1-3/h4-7,9-10H,8H2,1-3H3;1H,(H,2,3)/t9-,10-;/m0./s1. The van der Waals surface area contributed by atoms with Gasteiger partial charge in [-0.1, -0.05) is 29.8 Å². The van der Waals surface area contributed by atoms with Crippen LogP contribution >= 0.6 is 11.6 Å². The molecule has 1 aliphatic rings. The van der Waals surface area contributed by atoms with Crippen molar-refractivity contribution in [3.8, 4) is 0 Å². The second-order valence-electron chi connectivity index (χ2n) is 4.96. The summed E-state index contributed by atoms with van der Waals surface area (Å²) in [5.74, 6) is -0.0892. The first kappa shape index (κ1) is 18.0. The molecular weight excluding hydrogens is 308 g/mol. The molecule has 2 amide bonds. The summed E-state index contributed by atoms with van der Waals surface area (Å²) in [5.41, 5.74) is 0.855. The van der Waals surface area contributed by atoms with Crippen LogP contribution in [0.1, 0.15) is 19.4 Å². The van der Waals surface area contributed by atoms with Gasteiger partial charge in [-0.05, 0) is 25.5 Å². The van der Waals surface area contributed by atoms with Gasteiger partial charge in [0.05, 0.1) is 0 Å². The average molecular weight is 327 g/mol. The molecule has 120 valence electrons. The average Bonchev–Trinajstić information content (AvgIpc) is 2.50. The number of halogens is 1. The number of nitrogens with zero attached hydrogens (tertiary/aromatic N) is 2. The Morgan fingerprint density at radius 3 is 2.27 bits per heavy atom. The zero-order valence-electron chi connectivity index (χ0n) is 12.7. The SMILES string of the molecule is C[C@H]1C(=O)N(Cc2ccccc2Cl)[C@@H](C)C(=O)N1C.O=CO. The summed E-state index contributed by atoms with van der Waals surface area (Å²) in [6.07, 6.45) is 0. The van der Waals surface area contributed by atoms with Gasteiger partial charge in [-0.3, -0.25) is 14.4 Å². The highest BCUT2D eigenvalue weighted by Gasteiger charge is 2.39. The number of rotatable bonds is 2. The third-order valence-corrected chi connectivity index (χ3v) is 4.06. The van der Waals surface area contributed by atoms with Gasteiger partial charge in [0.2, 0.25) is 11.8 Å². The molecule has 0 aromatic heterocycles. The lowest BCUT2D eigenvalue weighted by molar-refractivity contribution is -0.159. The Kier molecular flexibility index (Phi) is 6.37. The van der Waals surface area contributed by atoms with E-state index in [1.807, 2.05) is 18.2 Å². The van der Waals surface area contributed by atoms with Crippen LogP contribution < -0.4 is 0 Å². The Morgan fingerprint density at radius 1 is 1.18 bits per heavy atom. The molecular formula is C15H19ClN2O4. The van der Waals surface area contributed by atoms with Crippen LogP contribution in [0.25, 0.3) is 0 Å². The highest BCUT2D eigenvalue weighted by atomic mass is 35.5. The number of carbonyl (C=O) groups is 3. The number of piperazine rings is 1. The van der Waals surface area contributed by atoms with Crippen molar-refractivity contribution in [2.45, 2.75) is 32.5 Å². The second kappa shape index (κ2) is 7.79. The molecule has 0 spiro atoms. The maximum Gasteiger partial charge on any atom is 0.290 e. The zero-order chi connectivity index (χ0) is 16.9. The van der Waals surface area contributed by atoms with E-state index in [0.29, 0.717) is 11.6 Å². The van der Waals surface area contributed by atoms with Gasteiger partial charge in [0.1, 0.15) is 12.1 Å². The van der Waals surface area contributed by atoms with Crippen molar-refractivity contribution in [3.05, 3.63) is 34.9 Å². The fraction of sp³-hybridized carbons (Fsp3) is 0.400. The smallest absolute Gasteiger partial charge is 0.290 e. The number of carboxylic acid groups (broad SMARTS) is 1. The fourth-order valence-corrected chi connectivity index (χ4v) is 2.44. The minimum Gasteiger partial charge on any atom is -0.483 e. The van der Waals surface area contributed by atoms with Crippen LogP contribution in [0, 0.1) is 0 Å². The third-order valence-electron chi connectivity index (χ3n) is 3.69. The van der Waals surface area contributed by atoms with Gasteiger partial charge in [0, 0.05) is 18.6 Å². The molecule has 0 radical (unpaired) electrons. The number of likely N-dealkylation sites (N-methyl/N-ethyl adjacent to an activating group) is 1. The van der Waals surface area contributed by atoms with E-state index >= 15 is 0 Å². The maximum absolute atomic E-state index is 12.3. The van der Waals surface area contributed by atoms with Crippen LogP contribution in [-0.4, -0.2) is 52.3 Å². The van der Waals surface area contributed by atoms with Crippen molar-refractivity contribution in [1.29, 1.82) is 0 Å². The molecule has 0 bridgehead atoms. The summed E-state index contributed by atoms with van der Waals surface area (Å²) in [7, 11) is 1.66. The summed E-state index contributed by atoms with van der Waals surface area (Å²) in [5, 5.41) is 7.50. The van der Waals surface area contributed by atoms with Gasteiger partial charge in [-0.25, -0.2) is 0 Å². The van der Waals surface area contributed by atoms with E-state index in [-0.39, 0.29) is 18.3 Å². The third kappa shape index (κ3) is 3.76. The molecule has 1 saturated heterocycles. The molecule has 6 nitrogen and oxygen atoms in total. The minimum absolute atomic E-state index is 0.0425. The molecule has 1 heterocycles. The normalized spacial score (nSPS) is 21.3. The van der Waals surface area contributed by atoms with E-state index in [0.717, 1.165) is 5.56 Å². The Hall–Kier alpha value is -2.08. The quantitative estimate of drug-likeness (QED) is 0.838. The minimum atomic E-state index is -0.454. The van der Waals surface area contributed by atoms with Gasteiger partial charge < -0.3 is 14.9 Å². The predicted molar refractivity (Wildman–Crippen MR) is 82.4 cm³/mol. The highest BCUT2D eigenvalue weighted by molar-refractivity contribution is 6.31. The van der Waals surface area contributed by atoms with Crippen molar-refractivity contribution in [2.24, 2.45) is 0 Å². The molecule has 1 aliphatic heterocycles. The summed E-state index contributed by atoms with van der Waals surface area (Å²) < 4.78 is 0. The number of hydrogen-bond donors (Lipinski definition) is 1. The molecule has 0 unspecified atom stereocenters. The Labute approximate surface area is 134 Å². The zero-order valence-corrected chi connectivity index (χ0v) is 13.4. The van der Waals surface area contributed by atoms with Crippen molar-refractivity contribution in [3.63, 3.8) is 0 Å². The van der Waals surface area contributed by atoms with Crippen molar-refractivity contribution in [1.82, 2.24) is 9.80 Å². The lowest BCUT2D eigenvalue weighted by Crippen LogP contribution is -2.61. The van der Waals surface area contributed by atoms with Gasteiger partial charge in [-0.15, -0.1) is 0 Å². The summed E-state index contributed by atoms with van der Waals surface area (Å²) in [4.78, 5) is 35.8. The van der Waals surface area contributed by atoms with Crippen molar-refractivity contribution < 1.29 is 19.5 Å². The first-order valence-electron chi connectivity index (χ1n) is 6.73. The van der Waals surface area contributed by atoms with Gasteiger partial charge in [0.15, 0.2) is 0 Å². The van der Waals surface area contributed by atoms with Crippen molar-refractivity contribution >= 4 is 29.9 Å². The van der Waals surface area contributed by atoms with E-state index in [1.54, 1.807) is 31.9 Å². The first-order valence-corrected chi connectivity index (χ1v) is 7.11. The predicted octanol–water partition coefficient (Wildman–Crippen LogP) is 1.62. The maximum atomic E-state index is 12.3.